The maximum Gasteiger partial charge on any atom is 0.247 e. The fourth-order valence-electron chi connectivity index (χ4n) is 3.11. The molecule has 0 unspecified atom stereocenters. The maximum atomic E-state index is 12.7. The van der Waals surface area contributed by atoms with Crippen molar-refractivity contribution in [2.75, 3.05) is 23.3 Å². The molecule has 2 aromatic rings. The summed E-state index contributed by atoms with van der Waals surface area (Å²) in [5.74, 6) is -0.376. The van der Waals surface area contributed by atoms with Gasteiger partial charge in [-0.2, -0.15) is 0 Å². The van der Waals surface area contributed by atoms with E-state index >= 15 is 0 Å². The van der Waals surface area contributed by atoms with Gasteiger partial charge in [0, 0.05) is 24.5 Å². The Morgan fingerprint density at radius 3 is 2.07 bits per heavy atom. The number of carbonyl (C=O) groups excluding carboxylic acids is 2. The molecule has 0 aliphatic carbocycles. The third kappa shape index (κ3) is 6.12. The Bertz CT molecular complexity index is 753. The van der Waals surface area contributed by atoms with E-state index in [1.165, 1.54) is 0 Å². The van der Waals surface area contributed by atoms with Gasteiger partial charge in [-0.05, 0) is 49.6 Å². The Labute approximate surface area is 168 Å². The largest absolute Gasteiger partial charge is 0.372 e. The number of anilines is 2. The molecule has 150 valence electrons. The van der Waals surface area contributed by atoms with Gasteiger partial charge < -0.3 is 15.5 Å². The van der Waals surface area contributed by atoms with Crippen molar-refractivity contribution in [2.24, 2.45) is 5.92 Å². The van der Waals surface area contributed by atoms with Gasteiger partial charge in [0.25, 0.3) is 0 Å². The van der Waals surface area contributed by atoms with Gasteiger partial charge in [-0.15, -0.1) is 0 Å². The van der Waals surface area contributed by atoms with Crippen molar-refractivity contribution in [3.8, 4) is 0 Å². The lowest BCUT2D eigenvalue weighted by atomic mass is 10.0. The predicted molar refractivity (Wildman–Crippen MR) is 116 cm³/mol. The summed E-state index contributed by atoms with van der Waals surface area (Å²) < 4.78 is 0. The fraction of sp³-hybridized carbons (Fsp3) is 0.391. The van der Waals surface area contributed by atoms with Crippen LogP contribution in [0.4, 0.5) is 11.4 Å². The van der Waals surface area contributed by atoms with Crippen LogP contribution in [0.25, 0.3) is 0 Å². The molecule has 0 bridgehead atoms. The monoisotopic (exact) mass is 381 g/mol. The van der Waals surface area contributed by atoms with Crippen molar-refractivity contribution in [1.82, 2.24) is 5.32 Å². The number of amides is 2. The molecule has 2 rings (SSSR count). The van der Waals surface area contributed by atoms with Crippen molar-refractivity contribution in [3.05, 3.63) is 60.2 Å². The molecule has 5 heteroatoms. The second kappa shape index (κ2) is 10.5. The summed E-state index contributed by atoms with van der Waals surface area (Å²) in [5.41, 5.74) is 2.78. The molecule has 2 N–H and O–H groups in total. The van der Waals surface area contributed by atoms with E-state index in [9.17, 15) is 9.59 Å². The van der Waals surface area contributed by atoms with E-state index in [1.807, 2.05) is 68.4 Å². The summed E-state index contributed by atoms with van der Waals surface area (Å²) in [6, 6.07) is 16.7. The number of nitrogens with one attached hydrogen (secondary N) is 2. The van der Waals surface area contributed by atoms with E-state index in [1.54, 1.807) is 0 Å². The highest BCUT2D eigenvalue weighted by Gasteiger charge is 2.24. The van der Waals surface area contributed by atoms with Gasteiger partial charge in [0.1, 0.15) is 6.04 Å². The number of hydrogen-bond acceptors (Lipinski definition) is 3. The van der Waals surface area contributed by atoms with Crippen molar-refractivity contribution < 1.29 is 9.59 Å². The SMILES string of the molecule is CCN(CC)c1ccc(NC(=O)[C@@H](NC(=O)Cc2ccccc2)C(C)C)cc1. The number of hydrogen-bond donors (Lipinski definition) is 2. The van der Waals surface area contributed by atoms with Gasteiger partial charge in [-0.1, -0.05) is 44.2 Å². The molecule has 0 radical (unpaired) electrons. The normalized spacial score (nSPS) is 11.8. The second-order valence-electron chi connectivity index (χ2n) is 7.16. The highest BCUT2D eigenvalue weighted by molar-refractivity contribution is 5.97. The smallest absolute Gasteiger partial charge is 0.247 e. The Morgan fingerprint density at radius 1 is 0.929 bits per heavy atom. The summed E-state index contributed by atoms with van der Waals surface area (Å²) >= 11 is 0. The van der Waals surface area contributed by atoms with Crippen LogP contribution in [0.3, 0.4) is 0 Å². The topological polar surface area (TPSA) is 61.4 Å². The zero-order valence-corrected chi connectivity index (χ0v) is 17.2. The number of rotatable bonds is 9. The van der Waals surface area contributed by atoms with Gasteiger partial charge in [-0.25, -0.2) is 0 Å². The average Bonchev–Trinajstić information content (AvgIpc) is 2.69. The van der Waals surface area contributed by atoms with E-state index in [2.05, 4.69) is 29.4 Å². The first-order valence-corrected chi connectivity index (χ1v) is 9.93. The van der Waals surface area contributed by atoms with Gasteiger partial charge in [0.2, 0.25) is 11.8 Å². The molecule has 28 heavy (non-hydrogen) atoms. The fourth-order valence-corrected chi connectivity index (χ4v) is 3.11. The average molecular weight is 382 g/mol. The summed E-state index contributed by atoms with van der Waals surface area (Å²) in [6.45, 7) is 9.96. The molecule has 0 fully saturated rings. The van der Waals surface area contributed by atoms with Gasteiger partial charge >= 0.3 is 0 Å². The van der Waals surface area contributed by atoms with Gasteiger partial charge in [0.15, 0.2) is 0 Å². The standard InChI is InChI=1S/C23H31N3O2/c1-5-26(6-2)20-14-12-19(13-15-20)24-23(28)22(17(3)4)25-21(27)16-18-10-8-7-9-11-18/h7-15,17,22H,5-6,16H2,1-4H3,(H,24,28)(H,25,27)/t22-/m0/s1. The van der Waals surface area contributed by atoms with Crippen LogP contribution < -0.4 is 15.5 Å². The summed E-state index contributed by atoms with van der Waals surface area (Å²) in [7, 11) is 0. The number of nitrogens with zero attached hydrogens (tertiary/aromatic N) is 1. The summed E-state index contributed by atoms with van der Waals surface area (Å²) in [5, 5.41) is 5.80. The predicted octanol–water partition coefficient (Wildman–Crippen LogP) is 3.85. The molecule has 0 aliphatic heterocycles. The Kier molecular flexibility index (Phi) is 8.05. The lowest BCUT2D eigenvalue weighted by Crippen LogP contribution is -2.47. The van der Waals surface area contributed by atoms with E-state index in [4.69, 9.17) is 0 Å². The molecule has 5 nitrogen and oxygen atoms in total. The molecule has 0 aromatic heterocycles. The molecule has 0 saturated carbocycles. The first-order valence-electron chi connectivity index (χ1n) is 9.93. The number of carbonyl (C=O) groups is 2. The Balaban J connectivity index is 1.99. The van der Waals surface area contributed by atoms with E-state index in [-0.39, 0.29) is 24.2 Å². The van der Waals surface area contributed by atoms with Crippen molar-refractivity contribution in [3.63, 3.8) is 0 Å². The summed E-state index contributed by atoms with van der Waals surface area (Å²) in [4.78, 5) is 27.4. The van der Waals surface area contributed by atoms with Crippen LogP contribution in [-0.4, -0.2) is 30.9 Å². The van der Waals surface area contributed by atoms with Crippen molar-refractivity contribution >= 4 is 23.2 Å². The van der Waals surface area contributed by atoms with Crippen molar-refractivity contribution in [1.29, 1.82) is 0 Å². The third-order valence-corrected chi connectivity index (χ3v) is 4.74. The highest BCUT2D eigenvalue weighted by atomic mass is 16.2. The van der Waals surface area contributed by atoms with E-state index in [0.717, 1.165) is 30.0 Å². The highest BCUT2D eigenvalue weighted by Crippen LogP contribution is 2.18. The van der Waals surface area contributed by atoms with E-state index < -0.39 is 6.04 Å². The van der Waals surface area contributed by atoms with Gasteiger partial charge in [-0.3, -0.25) is 9.59 Å². The van der Waals surface area contributed by atoms with Crippen molar-refractivity contribution in [2.45, 2.75) is 40.2 Å². The molecule has 2 aromatic carbocycles. The molecule has 1 atom stereocenters. The van der Waals surface area contributed by atoms with Crippen LogP contribution in [0.5, 0.6) is 0 Å². The Morgan fingerprint density at radius 2 is 1.54 bits per heavy atom. The minimum atomic E-state index is -0.585. The third-order valence-electron chi connectivity index (χ3n) is 4.74. The maximum absolute atomic E-state index is 12.7. The second-order valence-corrected chi connectivity index (χ2v) is 7.16. The van der Waals surface area contributed by atoms with Crippen LogP contribution in [0.1, 0.15) is 33.3 Å². The first kappa shape index (κ1) is 21.5. The van der Waals surface area contributed by atoms with Crippen LogP contribution >= 0.6 is 0 Å². The van der Waals surface area contributed by atoms with Crippen LogP contribution in [0, 0.1) is 5.92 Å². The zero-order valence-electron chi connectivity index (χ0n) is 17.2. The molecule has 0 aliphatic rings. The lowest BCUT2D eigenvalue weighted by Gasteiger charge is -2.23. The Hall–Kier alpha value is -2.82. The van der Waals surface area contributed by atoms with Crippen LogP contribution in [0.15, 0.2) is 54.6 Å². The van der Waals surface area contributed by atoms with Gasteiger partial charge in [0.05, 0.1) is 6.42 Å². The number of benzene rings is 2. The quantitative estimate of drug-likeness (QED) is 0.693. The minimum absolute atomic E-state index is 0.0188. The molecular formula is C23H31N3O2. The van der Waals surface area contributed by atoms with Crippen LogP contribution in [-0.2, 0) is 16.0 Å². The van der Waals surface area contributed by atoms with Crippen LogP contribution in [0.2, 0.25) is 0 Å². The zero-order chi connectivity index (χ0) is 20.5. The molecule has 0 saturated heterocycles. The minimum Gasteiger partial charge on any atom is -0.372 e. The molecule has 0 spiro atoms. The molecule has 0 heterocycles. The first-order chi connectivity index (χ1) is 13.4. The summed E-state index contributed by atoms with van der Waals surface area (Å²) in [6.07, 6.45) is 0.260. The van der Waals surface area contributed by atoms with E-state index in [0.29, 0.717) is 0 Å². The molecular weight excluding hydrogens is 350 g/mol. The lowest BCUT2D eigenvalue weighted by molar-refractivity contribution is -0.127. The molecule has 2 amide bonds.